The standard InChI is InChI=1S/C6H6S3/c7-6-2-1-3-4(8-3)5(6)9-6/h1-5,7H. The zero-order valence-corrected chi connectivity index (χ0v) is 7.18. The van der Waals surface area contributed by atoms with Crippen LogP contribution in [0.3, 0.4) is 0 Å². The monoisotopic (exact) mass is 174 g/mol. The Labute approximate surface area is 68.3 Å². The van der Waals surface area contributed by atoms with Crippen molar-refractivity contribution in [1.82, 2.24) is 0 Å². The highest BCUT2D eigenvalue weighted by Gasteiger charge is 2.64. The van der Waals surface area contributed by atoms with Gasteiger partial charge in [-0.3, -0.25) is 0 Å². The fourth-order valence-corrected chi connectivity index (χ4v) is 4.68. The minimum Gasteiger partial charge on any atom is -0.156 e. The van der Waals surface area contributed by atoms with Crippen LogP contribution in [0.1, 0.15) is 0 Å². The lowest BCUT2D eigenvalue weighted by molar-refractivity contribution is 0.906. The van der Waals surface area contributed by atoms with E-state index in [1.807, 2.05) is 11.8 Å². The topological polar surface area (TPSA) is 0 Å². The predicted molar refractivity (Wildman–Crippen MR) is 47.4 cm³/mol. The van der Waals surface area contributed by atoms with Gasteiger partial charge in [0.25, 0.3) is 0 Å². The van der Waals surface area contributed by atoms with Crippen LogP contribution in [0.25, 0.3) is 0 Å². The van der Waals surface area contributed by atoms with Crippen LogP contribution in [0.5, 0.6) is 0 Å². The number of thiol groups is 1. The summed E-state index contributed by atoms with van der Waals surface area (Å²) in [4.78, 5) is 0. The van der Waals surface area contributed by atoms with Gasteiger partial charge in [-0.1, -0.05) is 12.2 Å². The Balaban J connectivity index is 2.04. The maximum atomic E-state index is 4.54. The summed E-state index contributed by atoms with van der Waals surface area (Å²) in [5.41, 5.74) is 0. The lowest BCUT2D eigenvalue weighted by Crippen LogP contribution is -2.13. The minimum absolute atomic E-state index is 0.269. The molecule has 0 aromatic carbocycles. The third-order valence-electron chi connectivity index (χ3n) is 2.05. The van der Waals surface area contributed by atoms with Gasteiger partial charge in [-0.15, -0.1) is 23.5 Å². The summed E-state index contributed by atoms with van der Waals surface area (Å²) in [5.74, 6) is 0. The van der Waals surface area contributed by atoms with E-state index in [0.29, 0.717) is 0 Å². The number of fused-ring (bicyclic) bond motifs is 3. The molecule has 0 amide bonds. The van der Waals surface area contributed by atoms with Crippen molar-refractivity contribution >= 4 is 36.2 Å². The van der Waals surface area contributed by atoms with Gasteiger partial charge in [0, 0.05) is 15.7 Å². The Kier molecular flexibility index (Phi) is 0.823. The van der Waals surface area contributed by atoms with E-state index in [9.17, 15) is 0 Å². The van der Waals surface area contributed by atoms with Gasteiger partial charge >= 0.3 is 0 Å². The van der Waals surface area contributed by atoms with Gasteiger partial charge in [0.1, 0.15) is 0 Å². The Morgan fingerprint density at radius 1 is 1.56 bits per heavy atom. The molecule has 0 spiro atoms. The van der Waals surface area contributed by atoms with Crippen LogP contribution < -0.4 is 0 Å². The first-order valence-electron chi connectivity index (χ1n) is 3.05. The first-order chi connectivity index (χ1) is 4.30. The van der Waals surface area contributed by atoms with Gasteiger partial charge in [-0.2, -0.15) is 12.6 Å². The Bertz CT molecular complexity index is 200. The summed E-state index contributed by atoms with van der Waals surface area (Å²) >= 11 is 8.64. The Hall–Kier alpha value is 0.790. The van der Waals surface area contributed by atoms with Crippen molar-refractivity contribution in [2.75, 3.05) is 0 Å². The maximum absolute atomic E-state index is 4.54. The normalized spacial score (nSPS) is 66.6. The number of rotatable bonds is 0. The average molecular weight is 174 g/mol. The summed E-state index contributed by atoms with van der Waals surface area (Å²) in [6, 6.07) is 0. The van der Waals surface area contributed by atoms with Gasteiger partial charge < -0.3 is 0 Å². The zero-order valence-electron chi connectivity index (χ0n) is 4.65. The highest BCUT2D eigenvalue weighted by Crippen LogP contribution is 2.70. The first-order valence-corrected chi connectivity index (χ1v) is 5.32. The molecule has 0 aromatic heterocycles. The average Bonchev–Trinajstić information content (AvgIpc) is 2.52. The molecule has 0 N–H and O–H groups in total. The first kappa shape index (κ1) is 5.44. The molecule has 2 heterocycles. The van der Waals surface area contributed by atoms with Crippen LogP contribution in [-0.4, -0.2) is 19.8 Å². The van der Waals surface area contributed by atoms with Gasteiger partial charge in [0.2, 0.25) is 0 Å². The van der Waals surface area contributed by atoms with E-state index in [-0.39, 0.29) is 4.08 Å². The van der Waals surface area contributed by atoms with E-state index in [1.165, 1.54) is 0 Å². The summed E-state index contributed by atoms with van der Waals surface area (Å²) in [6.07, 6.45) is 4.59. The van der Waals surface area contributed by atoms with E-state index in [1.54, 1.807) is 0 Å². The van der Waals surface area contributed by atoms with Crippen molar-refractivity contribution in [3.63, 3.8) is 0 Å². The largest absolute Gasteiger partial charge is 0.156 e. The minimum atomic E-state index is 0.269. The third-order valence-corrected chi connectivity index (χ3v) is 5.90. The van der Waals surface area contributed by atoms with Crippen molar-refractivity contribution in [2.24, 2.45) is 0 Å². The quantitative estimate of drug-likeness (QED) is 0.338. The molecule has 0 radical (unpaired) electrons. The van der Waals surface area contributed by atoms with Gasteiger partial charge in [-0.25, -0.2) is 0 Å². The SMILES string of the molecule is SC12C=CC3SC3C1S2. The number of thioether (sulfide) groups is 2. The maximum Gasteiger partial charge on any atom is 0.0897 e. The Morgan fingerprint density at radius 3 is 3.22 bits per heavy atom. The fourth-order valence-electron chi connectivity index (χ4n) is 1.37. The smallest absolute Gasteiger partial charge is 0.0897 e. The van der Waals surface area contributed by atoms with Crippen LogP contribution in [0.4, 0.5) is 0 Å². The number of hydrogen-bond donors (Lipinski definition) is 1. The van der Waals surface area contributed by atoms with E-state index >= 15 is 0 Å². The lowest BCUT2D eigenvalue weighted by Gasteiger charge is -2.02. The summed E-state index contributed by atoms with van der Waals surface area (Å²) < 4.78 is 0.269. The molecule has 3 heteroatoms. The molecular formula is C6H6S3. The second kappa shape index (κ2) is 1.36. The molecule has 0 aromatic rings. The molecule has 4 unspecified atom stereocenters. The molecule has 3 aliphatic rings. The molecule has 0 nitrogen and oxygen atoms in total. The van der Waals surface area contributed by atoms with Crippen molar-refractivity contribution in [3.8, 4) is 0 Å². The molecule has 2 aliphatic heterocycles. The summed E-state index contributed by atoms with van der Waals surface area (Å²) in [6.45, 7) is 0. The molecule has 4 atom stereocenters. The second-order valence-corrected chi connectivity index (χ2v) is 6.54. The van der Waals surface area contributed by atoms with Gasteiger partial charge in [0.15, 0.2) is 0 Å². The van der Waals surface area contributed by atoms with Crippen molar-refractivity contribution in [1.29, 1.82) is 0 Å². The molecule has 2 saturated heterocycles. The molecule has 1 aliphatic carbocycles. The molecule has 3 rings (SSSR count). The summed E-state index contributed by atoms with van der Waals surface area (Å²) in [7, 11) is 0. The van der Waals surface area contributed by atoms with Gasteiger partial charge in [0.05, 0.1) is 4.08 Å². The molecule has 2 fully saturated rings. The van der Waals surface area contributed by atoms with E-state index in [2.05, 4.69) is 36.5 Å². The zero-order chi connectivity index (χ0) is 6.06. The van der Waals surface area contributed by atoms with Crippen LogP contribution in [-0.2, 0) is 0 Å². The number of hydrogen-bond acceptors (Lipinski definition) is 3. The third kappa shape index (κ3) is 0.609. The van der Waals surface area contributed by atoms with E-state index in [4.69, 9.17) is 0 Å². The second-order valence-electron chi connectivity index (χ2n) is 2.71. The van der Waals surface area contributed by atoms with Crippen LogP contribution in [0, 0.1) is 0 Å². The van der Waals surface area contributed by atoms with Crippen molar-refractivity contribution in [2.45, 2.75) is 19.8 Å². The highest BCUT2D eigenvalue weighted by molar-refractivity contribution is 8.21. The highest BCUT2D eigenvalue weighted by atomic mass is 32.2. The fraction of sp³-hybridized carbons (Fsp3) is 0.667. The lowest BCUT2D eigenvalue weighted by atomic mass is 10.1. The van der Waals surface area contributed by atoms with Crippen LogP contribution >= 0.6 is 36.2 Å². The van der Waals surface area contributed by atoms with Crippen molar-refractivity contribution < 1.29 is 0 Å². The van der Waals surface area contributed by atoms with Crippen LogP contribution in [0.15, 0.2) is 12.2 Å². The molecule has 48 valence electrons. The molecule has 0 bridgehead atoms. The van der Waals surface area contributed by atoms with E-state index in [0.717, 1.165) is 15.7 Å². The molecular weight excluding hydrogens is 168 g/mol. The summed E-state index contributed by atoms with van der Waals surface area (Å²) in [5, 5.41) is 2.64. The van der Waals surface area contributed by atoms with Crippen LogP contribution in [0.2, 0.25) is 0 Å². The molecule has 9 heavy (non-hydrogen) atoms. The predicted octanol–water partition coefficient (Wildman–Crippen LogP) is 1.78. The van der Waals surface area contributed by atoms with E-state index < -0.39 is 0 Å². The molecule has 0 saturated carbocycles. The Morgan fingerprint density at radius 2 is 2.44 bits per heavy atom. The van der Waals surface area contributed by atoms with Crippen molar-refractivity contribution in [3.05, 3.63) is 12.2 Å². The van der Waals surface area contributed by atoms with Gasteiger partial charge in [-0.05, 0) is 0 Å².